The van der Waals surface area contributed by atoms with Gasteiger partial charge in [-0.15, -0.1) is 0 Å². The third kappa shape index (κ3) is 3.53. The number of nitrogens with zero attached hydrogens (tertiary/aromatic N) is 3. The Morgan fingerprint density at radius 1 is 1.18 bits per heavy atom. The van der Waals surface area contributed by atoms with E-state index in [1.54, 1.807) is 43.7 Å². The van der Waals surface area contributed by atoms with Gasteiger partial charge < -0.3 is 10.5 Å². The molecule has 5 rings (SSSR count). The minimum absolute atomic E-state index is 0.135. The predicted molar refractivity (Wildman–Crippen MR) is 125 cm³/mol. The van der Waals surface area contributed by atoms with Gasteiger partial charge >= 0.3 is 0 Å². The summed E-state index contributed by atoms with van der Waals surface area (Å²) < 4.78 is 20.9. The normalized spacial score (nSPS) is 23.9. The molecule has 1 aromatic heterocycles. The maximum absolute atomic E-state index is 14.5. The average Bonchev–Trinajstić information content (AvgIpc) is 2.99. The molecule has 3 heterocycles. The first-order valence-electron chi connectivity index (χ1n) is 10.5. The molecule has 2 unspecified atom stereocenters. The molecule has 1 spiro atoms. The summed E-state index contributed by atoms with van der Waals surface area (Å²) in [5.41, 5.74) is 6.68. The van der Waals surface area contributed by atoms with Crippen LogP contribution in [0.3, 0.4) is 0 Å². The van der Waals surface area contributed by atoms with Crippen LogP contribution in [0.25, 0.3) is 11.1 Å². The van der Waals surface area contributed by atoms with E-state index in [0.717, 1.165) is 11.1 Å². The molecular weight excluding hydrogens is 443 g/mol. The number of nitrogens with two attached hydrogens (primary N) is 1. The van der Waals surface area contributed by atoms with Crippen molar-refractivity contribution in [3.05, 3.63) is 82.9 Å². The Kier molecular flexibility index (Phi) is 4.90. The Hall–Kier alpha value is -3.45. The summed E-state index contributed by atoms with van der Waals surface area (Å²) in [5.74, 6) is 0.0875. The van der Waals surface area contributed by atoms with Crippen molar-refractivity contribution in [1.82, 2.24) is 9.88 Å². The average molecular weight is 465 g/mol. The molecule has 6 nitrogen and oxygen atoms in total. The fourth-order valence-corrected chi connectivity index (χ4v) is 4.94. The molecule has 0 saturated heterocycles. The summed E-state index contributed by atoms with van der Waals surface area (Å²) in [5, 5.41) is 0.507. The summed E-state index contributed by atoms with van der Waals surface area (Å²) in [6.45, 7) is 1.87. The molecule has 0 bridgehead atoms. The second kappa shape index (κ2) is 7.56. The van der Waals surface area contributed by atoms with Crippen molar-refractivity contribution in [1.29, 1.82) is 0 Å². The van der Waals surface area contributed by atoms with Gasteiger partial charge in [-0.3, -0.25) is 14.7 Å². The van der Waals surface area contributed by atoms with Crippen molar-refractivity contribution in [2.75, 3.05) is 7.05 Å². The smallest absolute Gasteiger partial charge is 0.261 e. The lowest BCUT2D eigenvalue weighted by atomic mass is 9.74. The highest BCUT2D eigenvalue weighted by molar-refractivity contribution is 6.30. The van der Waals surface area contributed by atoms with E-state index in [4.69, 9.17) is 22.1 Å². The molecule has 33 heavy (non-hydrogen) atoms. The van der Waals surface area contributed by atoms with Crippen LogP contribution in [0.15, 0.2) is 65.9 Å². The molecule has 0 radical (unpaired) electrons. The maximum atomic E-state index is 14.5. The molecule has 168 valence electrons. The van der Waals surface area contributed by atoms with E-state index in [9.17, 15) is 9.18 Å². The van der Waals surface area contributed by atoms with Crippen molar-refractivity contribution in [3.63, 3.8) is 0 Å². The number of ether oxygens (including phenoxy) is 1. The van der Waals surface area contributed by atoms with E-state index in [0.29, 0.717) is 21.9 Å². The molecule has 8 heteroatoms. The van der Waals surface area contributed by atoms with Crippen LogP contribution in [0.5, 0.6) is 5.75 Å². The molecule has 1 amide bonds. The number of pyridine rings is 1. The highest BCUT2D eigenvalue weighted by Gasteiger charge is 2.56. The van der Waals surface area contributed by atoms with Crippen molar-refractivity contribution in [2.24, 2.45) is 10.7 Å². The molecule has 2 aliphatic rings. The van der Waals surface area contributed by atoms with Gasteiger partial charge in [0.1, 0.15) is 17.2 Å². The highest BCUT2D eigenvalue weighted by atomic mass is 35.5. The molecule has 0 saturated carbocycles. The molecule has 3 aromatic rings. The van der Waals surface area contributed by atoms with Crippen LogP contribution in [-0.4, -0.2) is 34.4 Å². The van der Waals surface area contributed by atoms with Gasteiger partial charge in [0, 0.05) is 43.4 Å². The number of hydrogen-bond donors (Lipinski definition) is 1. The molecule has 2 atom stereocenters. The number of hydrogen-bond acceptors (Lipinski definition) is 5. The summed E-state index contributed by atoms with van der Waals surface area (Å²) in [6, 6.07) is 13.9. The minimum Gasteiger partial charge on any atom is -0.487 e. The molecule has 2 aromatic carbocycles. The Morgan fingerprint density at radius 3 is 2.67 bits per heavy atom. The molecule has 2 aliphatic heterocycles. The number of aliphatic imine (C=N–C) groups is 1. The van der Waals surface area contributed by atoms with Gasteiger partial charge in [0.05, 0.1) is 5.02 Å². The fraction of sp³-hybridized carbons (Fsp3) is 0.240. The van der Waals surface area contributed by atoms with Crippen molar-refractivity contribution < 1.29 is 13.9 Å². The summed E-state index contributed by atoms with van der Waals surface area (Å²) in [6.07, 6.45) is 3.74. The van der Waals surface area contributed by atoms with Crippen molar-refractivity contribution >= 4 is 23.5 Å². The van der Waals surface area contributed by atoms with Crippen LogP contribution in [0, 0.1) is 5.82 Å². The first kappa shape index (κ1) is 21.4. The maximum Gasteiger partial charge on any atom is 0.261 e. The van der Waals surface area contributed by atoms with Crippen LogP contribution in [0.4, 0.5) is 4.39 Å². The quantitative estimate of drug-likeness (QED) is 0.626. The lowest BCUT2D eigenvalue weighted by molar-refractivity contribution is -0.133. The zero-order valence-corrected chi connectivity index (χ0v) is 18.9. The van der Waals surface area contributed by atoms with Crippen LogP contribution in [0.1, 0.15) is 24.5 Å². The van der Waals surface area contributed by atoms with Gasteiger partial charge in [0.25, 0.3) is 5.91 Å². The van der Waals surface area contributed by atoms with Gasteiger partial charge in [-0.2, -0.15) is 0 Å². The predicted octanol–water partition coefficient (Wildman–Crippen LogP) is 4.31. The summed E-state index contributed by atoms with van der Waals surface area (Å²) in [7, 11) is 1.60. The summed E-state index contributed by atoms with van der Waals surface area (Å²) in [4.78, 5) is 23.7. The number of guanidine groups is 1. The second-order valence-corrected chi connectivity index (χ2v) is 9.23. The zero-order chi connectivity index (χ0) is 23.4. The van der Waals surface area contributed by atoms with E-state index < -0.39 is 11.1 Å². The van der Waals surface area contributed by atoms with Crippen LogP contribution < -0.4 is 10.5 Å². The molecule has 0 fully saturated rings. The number of aromatic nitrogens is 1. The monoisotopic (exact) mass is 464 g/mol. The Bertz CT molecular complexity index is 1310. The lowest BCUT2D eigenvalue weighted by Crippen LogP contribution is -2.51. The second-order valence-electron chi connectivity index (χ2n) is 8.79. The van der Waals surface area contributed by atoms with E-state index in [1.807, 2.05) is 25.1 Å². The topological polar surface area (TPSA) is 80.8 Å². The van der Waals surface area contributed by atoms with Gasteiger partial charge in [0.15, 0.2) is 11.5 Å². The largest absolute Gasteiger partial charge is 0.487 e. The standard InChI is InChI=1S/C25H22ClFN4O2/c1-24(11-16-5-3-4-6-20(16)27)14-25(22(32)31(2)23(28)30-25)19-10-15(7-8-21(19)33-24)17-9-18(26)13-29-12-17/h3-10,12-13H,11,14H2,1-2H3,(H2,28,30). The minimum atomic E-state index is -1.27. The lowest BCUT2D eigenvalue weighted by Gasteiger charge is -2.43. The number of amides is 1. The Morgan fingerprint density at radius 2 is 1.97 bits per heavy atom. The van der Waals surface area contributed by atoms with E-state index in [-0.39, 0.29) is 30.5 Å². The Labute approximate surface area is 195 Å². The number of benzene rings is 2. The molecular formula is C25H22ClFN4O2. The zero-order valence-electron chi connectivity index (χ0n) is 18.2. The SMILES string of the molecule is CN1C(=O)C2(CC(C)(Cc3ccccc3F)Oc3ccc(-c4cncc(Cl)c4)cc32)N=C1N. The van der Waals surface area contributed by atoms with E-state index in [1.165, 1.54) is 11.0 Å². The number of carbonyl (C=O) groups is 1. The number of carbonyl (C=O) groups excluding carboxylic acids is 1. The fourth-order valence-electron chi connectivity index (χ4n) is 4.76. The first-order valence-corrected chi connectivity index (χ1v) is 10.9. The van der Waals surface area contributed by atoms with Gasteiger partial charge in [-0.05, 0) is 42.3 Å². The van der Waals surface area contributed by atoms with Gasteiger partial charge in [-0.25, -0.2) is 9.38 Å². The van der Waals surface area contributed by atoms with E-state index >= 15 is 0 Å². The number of likely N-dealkylation sites (N-methyl/N-ethyl adjacent to an activating group) is 1. The van der Waals surface area contributed by atoms with E-state index in [2.05, 4.69) is 9.98 Å². The third-order valence-corrected chi connectivity index (χ3v) is 6.49. The highest BCUT2D eigenvalue weighted by Crippen LogP contribution is 2.50. The van der Waals surface area contributed by atoms with Crippen LogP contribution >= 0.6 is 11.6 Å². The summed E-state index contributed by atoms with van der Waals surface area (Å²) >= 11 is 6.13. The van der Waals surface area contributed by atoms with Crippen molar-refractivity contribution in [3.8, 4) is 16.9 Å². The first-order chi connectivity index (χ1) is 15.7. The number of rotatable bonds is 3. The molecule has 0 aliphatic carbocycles. The van der Waals surface area contributed by atoms with Gasteiger partial charge in [0.2, 0.25) is 0 Å². The van der Waals surface area contributed by atoms with Crippen LogP contribution in [0.2, 0.25) is 5.02 Å². The number of halogens is 2. The van der Waals surface area contributed by atoms with Crippen molar-refractivity contribution in [2.45, 2.75) is 30.9 Å². The van der Waals surface area contributed by atoms with Gasteiger partial charge in [-0.1, -0.05) is 35.9 Å². The third-order valence-electron chi connectivity index (χ3n) is 6.28. The molecule has 2 N–H and O–H groups in total. The number of fused-ring (bicyclic) bond motifs is 2. The van der Waals surface area contributed by atoms with Crippen LogP contribution in [-0.2, 0) is 16.8 Å². The Balaban J connectivity index is 1.65.